The van der Waals surface area contributed by atoms with Gasteiger partial charge in [-0.25, -0.2) is 17.6 Å². The molecule has 0 saturated carbocycles. The van der Waals surface area contributed by atoms with Crippen molar-refractivity contribution < 1.29 is 17.6 Å². The van der Waals surface area contributed by atoms with Gasteiger partial charge >= 0.3 is 0 Å². The highest BCUT2D eigenvalue weighted by Gasteiger charge is 2.21. The summed E-state index contributed by atoms with van der Waals surface area (Å²) in [6, 6.07) is 3.60. The minimum atomic E-state index is -1.35. The van der Waals surface area contributed by atoms with E-state index in [1.165, 1.54) is 45.2 Å². The van der Waals surface area contributed by atoms with E-state index in [-0.39, 0.29) is 0 Å². The molecule has 19 heavy (non-hydrogen) atoms. The number of nitrogens with zero attached hydrogens (tertiary/aromatic N) is 1. The fourth-order valence-corrected chi connectivity index (χ4v) is 1.90. The van der Waals surface area contributed by atoms with Crippen LogP contribution < -0.4 is 5.73 Å². The number of nitrogen functional groups attached to an aromatic ring is 1. The molecule has 0 fully saturated rings. The smallest absolute Gasteiger partial charge is 0.176 e. The molecule has 0 atom stereocenters. The van der Waals surface area contributed by atoms with Crippen LogP contribution >= 0.6 is 45.2 Å². The lowest BCUT2D eigenvalue weighted by atomic mass is 10.3. The molecule has 0 amide bonds. The van der Waals surface area contributed by atoms with Gasteiger partial charge in [-0.3, -0.25) is 4.98 Å². The molecule has 0 saturated heterocycles. The molecule has 1 heterocycles. The number of aromatic nitrogens is 1. The van der Waals surface area contributed by atoms with Crippen molar-refractivity contribution in [2.45, 2.75) is 0 Å². The first-order valence-corrected chi connectivity index (χ1v) is 6.84. The summed E-state index contributed by atoms with van der Waals surface area (Å²) < 4.78 is 49.2. The Bertz CT molecular complexity index is 474. The molecule has 0 bridgehead atoms. The molecule has 0 spiro atoms. The number of nitrogens with two attached hydrogens (primary N) is 1. The van der Waals surface area contributed by atoms with Gasteiger partial charge < -0.3 is 5.73 Å². The zero-order valence-electron chi connectivity index (χ0n) is 9.10. The molecule has 0 radical (unpaired) electrons. The van der Waals surface area contributed by atoms with Crippen LogP contribution in [0.15, 0.2) is 24.5 Å². The van der Waals surface area contributed by atoms with Gasteiger partial charge in [0.2, 0.25) is 0 Å². The van der Waals surface area contributed by atoms with Crippen LogP contribution in [-0.4, -0.2) is 4.98 Å². The van der Waals surface area contributed by atoms with Crippen LogP contribution in [0.25, 0.3) is 0 Å². The Balaban J connectivity index is 0.000000218. The normalized spacial score (nSPS) is 9.79. The van der Waals surface area contributed by atoms with Crippen molar-refractivity contribution in [2.24, 2.45) is 0 Å². The van der Waals surface area contributed by atoms with E-state index in [4.69, 9.17) is 5.73 Å². The summed E-state index contributed by atoms with van der Waals surface area (Å²) in [7, 11) is 0. The summed E-state index contributed by atoms with van der Waals surface area (Å²) >= 11 is 2.41. The summed E-state index contributed by atoms with van der Waals surface area (Å²) in [5.74, 6) is -5.39. The van der Waals surface area contributed by atoms with Crippen LogP contribution in [0.1, 0.15) is 0 Å². The average molecular weight is 496 g/mol. The maximum atomic E-state index is 12.6. The highest BCUT2D eigenvalue weighted by Crippen LogP contribution is 2.25. The molecule has 8 heteroatoms. The van der Waals surface area contributed by atoms with Crippen LogP contribution in [0.3, 0.4) is 0 Å². The number of benzene rings is 1. The predicted molar refractivity (Wildman–Crippen MR) is 80.4 cm³/mol. The lowest BCUT2D eigenvalue weighted by molar-refractivity contribution is 0.437. The van der Waals surface area contributed by atoms with E-state index >= 15 is 0 Å². The Kier molecular flexibility index (Phi) is 6.23. The van der Waals surface area contributed by atoms with E-state index < -0.39 is 30.4 Å². The zero-order chi connectivity index (χ0) is 14.6. The molecule has 0 aliphatic rings. The first kappa shape index (κ1) is 16.4. The molecule has 1 aromatic carbocycles. The number of hydrogen-bond acceptors (Lipinski definition) is 2. The minimum Gasteiger partial charge on any atom is -0.397 e. The third-order valence-electron chi connectivity index (χ3n) is 1.84. The van der Waals surface area contributed by atoms with Crippen molar-refractivity contribution in [3.63, 3.8) is 0 Å². The molecule has 102 valence electrons. The lowest BCUT2D eigenvalue weighted by Gasteiger charge is -2.02. The number of anilines is 1. The van der Waals surface area contributed by atoms with Crippen molar-refractivity contribution in [3.05, 3.63) is 54.9 Å². The maximum Gasteiger partial charge on any atom is 0.176 e. The van der Waals surface area contributed by atoms with Crippen molar-refractivity contribution in [3.8, 4) is 0 Å². The van der Waals surface area contributed by atoms with E-state index in [1.807, 2.05) is 0 Å². The second-order valence-electron chi connectivity index (χ2n) is 3.17. The van der Waals surface area contributed by atoms with Gasteiger partial charge in [-0.2, -0.15) is 0 Å². The molecule has 2 N–H and O–H groups in total. The number of rotatable bonds is 0. The molecule has 2 rings (SSSR count). The first-order valence-electron chi connectivity index (χ1n) is 4.68. The Morgan fingerprint density at radius 2 is 1.32 bits per heavy atom. The molecule has 0 unspecified atom stereocenters. The molecule has 0 aliphatic heterocycles. The SMILES string of the molecule is Fc1c(F)c(I)c(F)c(F)c1I.Nc1cccnc1. The molecular weight excluding hydrogens is 490 g/mol. The number of pyridine rings is 1. The van der Waals surface area contributed by atoms with Gasteiger partial charge in [0.15, 0.2) is 23.3 Å². The Morgan fingerprint density at radius 1 is 0.895 bits per heavy atom. The van der Waals surface area contributed by atoms with Crippen molar-refractivity contribution in [1.82, 2.24) is 4.98 Å². The van der Waals surface area contributed by atoms with Gasteiger partial charge in [0.1, 0.15) is 0 Å². The maximum absolute atomic E-state index is 12.6. The van der Waals surface area contributed by atoms with E-state index in [0.717, 1.165) is 0 Å². The highest BCUT2D eigenvalue weighted by molar-refractivity contribution is 14.1. The standard InChI is InChI=1S/C6F4I2.C5H6N2/c7-1-2(8)6(12)4(10)3(9)5(1)11;6-5-2-1-3-7-4-5/h;1-4H,6H2. The van der Waals surface area contributed by atoms with Crippen molar-refractivity contribution in [1.29, 1.82) is 0 Å². The van der Waals surface area contributed by atoms with Gasteiger partial charge in [0.05, 0.1) is 12.8 Å². The number of halogens is 6. The van der Waals surface area contributed by atoms with Crippen LogP contribution in [-0.2, 0) is 0 Å². The van der Waals surface area contributed by atoms with Crippen molar-refractivity contribution in [2.75, 3.05) is 5.73 Å². The lowest BCUT2D eigenvalue weighted by Crippen LogP contribution is -2.02. The summed E-state index contributed by atoms with van der Waals surface area (Å²) in [5, 5.41) is 0. The minimum absolute atomic E-state index is 0.664. The average Bonchev–Trinajstić information content (AvgIpc) is 2.42. The second kappa shape index (κ2) is 7.22. The van der Waals surface area contributed by atoms with Gasteiger partial charge in [0.25, 0.3) is 0 Å². The summed E-state index contributed by atoms with van der Waals surface area (Å²) in [5.41, 5.74) is 6.01. The summed E-state index contributed by atoms with van der Waals surface area (Å²) in [4.78, 5) is 3.76. The number of hydrogen-bond donors (Lipinski definition) is 1. The van der Waals surface area contributed by atoms with Crippen LogP contribution in [0.5, 0.6) is 0 Å². The summed E-state index contributed by atoms with van der Waals surface area (Å²) in [6.45, 7) is 0. The van der Waals surface area contributed by atoms with Gasteiger partial charge in [-0.1, -0.05) is 0 Å². The Labute approximate surface area is 133 Å². The monoisotopic (exact) mass is 496 g/mol. The van der Waals surface area contributed by atoms with Crippen LogP contribution in [0, 0.1) is 30.4 Å². The molecule has 0 aliphatic carbocycles. The van der Waals surface area contributed by atoms with Gasteiger partial charge in [-0.05, 0) is 57.3 Å². The quantitative estimate of drug-likeness (QED) is 0.258. The highest BCUT2D eigenvalue weighted by atomic mass is 127. The molecular formula is C11H6F4I2N2. The van der Waals surface area contributed by atoms with E-state index in [1.54, 1.807) is 24.5 Å². The Morgan fingerprint density at radius 3 is 1.53 bits per heavy atom. The fourth-order valence-electron chi connectivity index (χ4n) is 0.954. The Hall–Kier alpha value is -0.650. The predicted octanol–water partition coefficient (Wildman–Crippen LogP) is 4.12. The molecule has 2 nitrogen and oxygen atoms in total. The molecule has 2 aromatic rings. The van der Waals surface area contributed by atoms with Gasteiger partial charge in [-0.15, -0.1) is 0 Å². The van der Waals surface area contributed by atoms with E-state index in [9.17, 15) is 17.6 Å². The third-order valence-corrected chi connectivity index (χ3v) is 3.73. The van der Waals surface area contributed by atoms with Gasteiger partial charge in [0, 0.05) is 12.4 Å². The largest absolute Gasteiger partial charge is 0.397 e. The topological polar surface area (TPSA) is 38.9 Å². The molecule has 1 aromatic heterocycles. The fraction of sp³-hybridized carbons (Fsp3) is 0. The zero-order valence-corrected chi connectivity index (χ0v) is 13.4. The van der Waals surface area contributed by atoms with Crippen LogP contribution in [0.2, 0.25) is 0 Å². The van der Waals surface area contributed by atoms with E-state index in [0.29, 0.717) is 5.69 Å². The van der Waals surface area contributed by atoms with E-state index in [2.05, 4.69) is 4.98 Å². The summed E-state index contributed by atoms with van der Waals surface area (Å²) in [6.07, 6.45) is 3.30. The third kappa shape index (κ3) is 4.16. The van der Waals surface area contributed by atoms with Crippen LogP contribution in [0.4, 0.5) is 23.2 Å². The first-order chi connectivity index (χ1) is 8.86. The van der Waals surface area contributed by atoms with Crippen molar-refractivity contribution >= 4 is 50.9 Å². The second-order valence-corrected chi connectivity index (χ2v) is 5.33.